The van der Waals surface area contributed by atoms with Gasteiger partial charge >= 0.3 is 0 Å². The van der Waals surface area contributed by atoms with Gasteiger partial charge in [0, 0.05) is 24.3 Å². The lowest BCUT2D eigenvalue weighted by Gasteiger charge is -2.07. The van der Waals surface area contributed by atoms with E-state index in [9.17, 15) is 4.79 Å². The van der Waals surface area contributed by atoms with E-state index in [1.165, 1.54) is 0 Å². The fraction of sp³-hybridized carbons (Fsp3) is 0.250. The molecule has 0 aliphatic carbocycles. The molecule has 110 valence electrons. The number of nitrogens with zero attached hydrogens (tertiary/aromatic N) is 1. The second-order valence-corrected chi connectivity index (χ2v) is 5.09. The highest BCUT2D eigenvalue weighted by Gasteiger charge is 2.01. The SMILES string of the molecule is O=C(CNCc1ccccn1)NCCc1cccc(Cl)c1. The summed E-state index contributed by atoms with van der Waals surface area (Å²) in [6.45, 7) is 1.47. The lowest BCUT2D eigenvalue weighted by atomic mass is 10.1. The first-order valence-electron chi connectivity index (χ1n) is 6.86. The molecule has 0 bridgehead atoms. The molecule has 0 spiro atoms. The summed E-state index contributed by atoms with van der Waals surface area (Å²) in [7, 11) is 0. The van der Waals surface area contributed by atoms with Gasteiger partial charge in [-0.05, 0) is 36.2 Å². The van der Waals surface area contributed by atoms with Crippen molar-refractivity contribution in [2.24, 2.45) is 0 Å². The van der Waals surface area contributed by atoms with E-state index in [1.54, 1.807) is 6.20 Å². The van der Waals surface area contributed by atoms with Gasteiger partial charge in [0.2, 0.25) is 5.91 Å². The Morgan fingerprint density at radius 1 is 1.19 bits per heavy atom. The Morgan fingerprint density at radius 2 is 2.10 bits per heavy atom. The molecule has 0 saturated heterocycles. The molecule has 0 fully saturated rings. The van der Waals surface area contributed by atoms with E-state index in [0.29, 0.717) is 13.1 Å². The number of aromatic nitrogens is 1. The molecule has 0 aliphatic heterocycles. The van der Waals surface area contributed by atoms with Crippen molar-refractivity contribution in [3.63, 3.8) is 0 Å². The lowest BCUT2D eigenvalue weighted by molar-refractivity contribution is -0.120. The third-order valence-corrected chi connectivity index (χ3v) is 3.18. The molecule has 0 aliphatic rings. The van der Waals surface area contributed by atoms with Crippen molar-refractivity contribution in [1.29, 1.82) is 0 Å². The summed E-state index contributed by atoms with van der Waals surface area (Å²) in [6.07, 6.45) is 2.51. The van der Waals surface area contributed by atoms with Gasteiger partial charge < -0.3 is 10.6 Å². The Labute approximate surface area is 129 Å². The van der Waals surface area contributed by atoms with Crippen LogP contribution in [-0.4, -0.2) is 24.0 Å². The molecule has 5 heteroatoms. The molecule has 2 aromatic rings. The van der Waals surface area contributed by atoms with Gasteiger partial charge in [0.1, 0.15) is 0 Å². The molecule has 1 amide bonds. The Morgan fingerprint density at radius 3 is 2.86 bits per heavy atom. The van der Waals surface area contributed by atoms with Crippen molar-refractivity contribution >= 4 is 17.5 Å². The highest BCUT2D eigenvalue weighted by molar-refractivity contribution is 6.30. The number of hydrogen-bond donors (Lipinski definition) is 2. The van der Waals surface area contributed by atoms with Gasteiger partial charge in [0.05, 0.1) is 12.2 Å². The number of carbonyl (C=O) groups is 1. The molecule has 1 heterocycles. The predicted molar refractivity (Wildman–Crippen MR) is 84.1 cm³/mol. The van der Waals surface area contributed by atoms with Crippen LogP contribution in [0.1, 0.15) is 11.3 Å². The summed E-state index contributed by atoms with van der Waals surface area (Å²) >= 11 is 5.91. The van der Waals surface area contributed by atoms with Crippen LogP contribution in [0.4, 0.5) is 0 Å². The Kier molecular flexibility index (Phi) is 6.19. The number of halogens is 1. The van der Waals surface area contributed by atoms with Crippen LogP contribution in [0.5, 0.6) is 0 Å². The molecule has 4 nitrogen and oxygen atoms in total. The van der Waals surface area contributed by atoms with Gasteiger partial charge in [-0.15, -0.1) is 0 Å². The normalized spacial score (nSPS) is 10.3. The maximum Gasteiger partial charge on any atom is 0.233 e. The molecule has 2 N–H and O–H groups in total. The average Bonchev–Trinajstić information content (AvgIpc) is 2.48. The molecule has 0 atom stereocenters. The van der Waals surface area contributed by atoms with E-state index in [4.69, 9.17) is 11.6 Å². The number of carbonyl (C=O) groups excluding carboxylic acids is 1. The molecule has 2 rings (SSSR count). The fourth-order valence-corrected chi connectivity index (χ4v) is 2.12. The molecule has 0 radical (unpaired) electrons. The summed E-state index contributed by atoms with van der Waals surface area (Å²) in [4.78, 5) is 15.8. The van der Waals surface area contributed by atoms with Crippen LogP contribution in [0.2, 0.25) is 5.02 Å². The standard InChI is InChI=1S/C16H18ClN3O/c17-14-5-3-4-13(10-14)7-9-20-16(21)12-18-11-15-6-1-2-8-19-15/h1-6,8,10,18H,7,9,11-12H2,(H,20,21). The third kappa shape index (κ3) is 5.94. The number of nitrogens with one attached hydrogen (secondary N) is 2. The predicted octanol–water partition coefficient (Wildman–Crippen LogP) is 2.18. The minimum atomic E-state index is -0.0204. The van der Waals surface area contributed by atoms with E-state index in [2.05, 4.69) is 15.6 Å². The molecule has 21 heavy (non-hydrogen) atoms. The maximum absolute atomic E-state index is 11.7. The lowest BCUT2D eigenvalue weighted by Crippen LogP contribution is -2.34. The minimum absolute atomic E-state index is 0.0204. The van der Waals surface area contributed by atoms with Crippen molar-refractivity contribution < 1.29 is 4.79 Å². The highest BCUT2D eigenvalue weighted by atomic mass is 35.5. The number of rotatable bonds is 7. The van der Waals surface area contributed by atoms with E-state index in [0.717, 1.165) is 22.7 Å². The first-order valence-corrected chi connectivity index (χ1v) is 7.23. The van der Waals surface area contributed by atoms with Crippen LogP contribution in [0.15, 0.2) is 48.7 Å². The minimum Gasteiger partial charge on any atom is -0.355 e. The smallest absolute Gasteiger partial charge is 0.233 e. The van der Waals surface area contributed by atoms with Crippen LogP contribution in [0.25, 0.3) is 0 Å². The first kappa shape index (κ1) is 15.5. The number of amides is 1. The third-order valence-electron chi connectivity index (χ3n) is 2.94. The van der Waals surface area contributed by atoms with Crippen molar-refractivity contribution in [1.82, 2.24) is 15.6 Å². The average molecular weight is 304 g/mol. The molecular formula is C16H18ClN3O. The number of benzene rings is 1. The Balaban J connectivity index is 1.61. The van der Waals surface area contributed by atoms with Crippen LogP contribution < -0.4 is 10.6 Å². The van der Waals surface area contributed by atoms with Crippen molar-refractivity contribution in [2.75, 3.05) is 13.1 Å². The second kappa shape index (κ2) is 8.39. The van der Waals surface area contributed by atoms with Crippen LogP contribution in [0.3, 0.4) is 0 Å². The Bertz CT molecular complexity index is 575. The van der Waals surface area contributed by atoms with E-state index in [-0.39, 0.29) is 12.5 Å². The second-order valence-electron chi connectivity index (χ2n) is 4.65. The topological polar surface area (TPSA) is 54.0 Å². The van der Waals surface area contributed by atoms with Crippen LogP contribution in [0, 0.1) is 0 Å². The zero-order valence-electron chi connectivity index (χ0n) is 11.7. The zero-order valence-corrected chi connectivity index (χ0v) is 12.4. The monoisotopic (exact) mass is 303 g/mol. The molecular weight excluding hydrogens is 286 g/mol. The zero-order chi connectivity index (χ0) is 14.9. The van der Waals surface area contributed by atoms with E-state index >= 15 is 0 Å². The largest absolute Gasteiger partial charge is 0.355 e. The number of pyridine rings is 1. The van der Waals surface area contributed by atoms with Crippen molar-refractivity contribution in [3.8, 4) is 0 Å². The summed E-state index contributed by atoms with van der Waals surface area (Å²) in [5, 5.41) is 6.65. The van der Waals surface area contributed by atoms with Crippen molar-refractivity contribution in [2.45, 2.75) is 13.0 Å². The molecule has 0 unspecified atom stereocenters. The van der Waals surface area contributed by atoms with Gasteiger partial charge in [0.15, 0.2) is 0 Å². The summed E-state index contributed by atoms with van der Waals surface area (Å²) in [5.41, 5.74) is 2.04. The maximum atomic E-state index is 11.7. The van der Waals surface area contributed by atoms with E-state index in [1.807, 2.05) is 42.5 Å². The van der Waals surface area contributed by atoms with Crippen molar-refractivity contribution in [3.05, 3.63) is 64.9 Å². The summed E-state index contributed by atoms with van der Waals surface area (Å²) < 4.78 is 0. The van der Waals surface area contributed by atoms with Crippen LogP contribution >= 0.6 is 11.6 Å². The van der Waals surface area contributed by atoms with Crippen LogP contribution in [-0.2, 0) is 17.8 Å². The van der Waals surface area contributed by atoms with Gasteiger partial charge in [-0.2, -0.15) is 0 Å². The number of hydrogen-bond acceptors (Lipinski definition) is 3. The molecule has 0 saturated carbocycles. The molecule has 1 aromatic carbocycles. The van der Waals surface area contributed by atoms with E-state index < -0.39 is 0 Å². The van der Waals surface area contributed by atoms with Gasteiger partial charge in [-0.3, -0.25) is 9.78 Å². The van der Waals surface area contributed by atoms with Gasteiger partial charge in [0.25, 0.3) is 0 Å². The molecule has 1 aromatic heterocycles. The van der Waals surface area contributed by atoms with Gasteiger partial charge in [-0.1, -0.05) is 29.8 Å². The van der Waals surface area contributed by atoms with Gasteiger partial charge in [-0.25, -0.2) is 0 Å². The Hall–Kier alpha value is -1.91. The fourth-order valence-electron chi connectivity index (χ4n) is 1.91. The highest BCUT2D eigenvalue weighted by Crippen LogP contribution is 2.10. The summed E-state index contributed by atoms with van der Waals surface area (Å²) in [5.74, 6) is -0.0204. The quantitative estimate of drug-likeness (QED) is 0.824. The first-order chi connectivity index (χ1) is 10.2. The summed E-state index contributed by atoms with van der Waals surface area (Å²) in [6, 6.07) is 13.4.